The molecule has 3 amide bonds. The van der Waals surface area contributed by atoms with Crippen LogP contribution < -0.4 is 16.4 Å². The van der Waals surface area contributed by atoms with Crippen LogP contribution in [0.15, 0.2) is 36.5 Å². The van der Waals surface area contributed by atoms with E-state index in [0.717, 1.165) is 186 Å². The quantitative estimate of drug-likeness (QED) is 0.0167. The molecule has 482 valence electrons. The molecule has 0 saturated heterocycles. The number of carbonyl (C=O) groups is 5. The Kier molecular flexibility index (Phi) is 47.7. The first-order valence-corrected chi connectivity index (χ1v) is 33.8. The molecule has 0 spiro atoms. The summed E-state index contributed by atoms with van der Waals surface area (Å²) >= 11 is 0. The number of allylic oxidation sites excluding steroid dienone is 3. The number of ether oxygens (including phenoxy) is 4. The highest BCUT2D eigenvalue weighted by Gasteiger charge is 2.42. The molecule has 0 aliphatic heterocycles. The molecule has 1 saturated carbocycles. The number of rotatable bonds is 54. The van der Waals surface area contributed by atoms with Crippen molar-refractivity contribution < 1.29 is 53.1 Å². The van der Waals surface area contributed by atoms with E-state index in [1.807, 2.05) is 0 Å². The van der Waals surface area contributed by atoms with Crippen molar-refractivity contribution in [1.29, 1.82) is 0 Å². The Balaban J connectivity index is 2.55. The lowest BCUT2D eigenvalue weighted by atomic mass is 9.62. The minimum absolute atomic E-state index is 0.0137. The van der Waals surface area contributed by atoms with Gasteiger partial charge in [0.15, 0.2) is 6.10 Å². The molecule has 0 heterocycles. The summed E-state index contributed by atoms with van der Waals surface area (Å²) < 4.78 is 22.9. The van der Waals surface area contributed by atoms with Gasteiger partial charge in [-0.05, 0) is 126 Å². The third-order valence-electron chi connectivity index (χ3n) is 16.0. The average Bonchev–Trinajstić information content (AvgIpc) is 3.63. The fourth-order valence-electron chi connectivity index (χ4n) is 11.6. The maximum absolute atomic E-state index is 13.3. The SMILES string of the molecule is CCCCCCC(O)C/C=C/CCCCCCCC(=O)OCC(COC(=O)CCCCCCC/C=C/CC(O)CCCCCC)OC(=O)CCCCCCC/C=C/CC(CCCCCC)OC(=O)NC1CC(C)(C)CC(C)(CNC(N)=O)C1. The molecule has 5 atom stereocenters. The Bertz CT molecular complexity index is 1680. The van der Waals surface area contributed by atoms with E-state index < -0.39 is 18.1 Å². The number of aliphatic hydroxyl groups excluding tert-OH is 2. The highest BCUT2D eigenvalue weighted by Crippen LogP contribution is 2.46. The number of unbranched alkanes of at least 4 members (excludes halogenated alkanes) is 24. The van der Waals surface area contributed by atoms with E-state index in [-0.39, 0.29) is 85.7 Å². The zero-order valence-electron chi connectivity index (χ0n) is 53.8. The molecule has 0 aromatic heterocycles. The number of aliphatic hydroxyl groups is 2. The van der Waals surface area contributed by atoms with Crippen LogP contribution in [0, 0.1) is 10.8 Å². The van der Waals surface area contributed by atoms with Crippen molar-refractivity contribution in [2.24, 2.45) is 16.6 Å². The number of nitrogens with one attached hydrogen (secondary N) is 2. The topological polar surface area (TPSA) is 213 Å². The second-order valence-corrected chi connectivity index (χ2v) is 25.5. The Morgan fingerprint density at radius 3 is 1.36 bits per heavy atom. The highest BCUT2D eigenvalue weighted by atomic mass is 16.6. The summed E-state index contributed by atoms with van der Waals surface area (Å²) in [6.07, 6.45) is 49.7. The van der Waals surface area contributed by atoms with Gasteiger partial charge in [-0.15, -0.1) is 0 Å². The minimum Gasteiger partial charge on any atom is -0.462 e. The molecule has 14 heteroatoms. The van der Waals surface area contributed by atoms with Crippen LogP contribution in [0.4, 0.5) is 9.59 Å². The molecule has 0 bridgehead atoms. The van der Waals surface area contributed by atoms with Gasteiger partial charge in [0.1, 0.15) is 19.3 Å². The van der Waals surface area contributed by atoms with E-state index >= 15 is 0 Å². The van der Waals surface area contributed by atoms with Crippen molar-refractivity contribution >= 4 is 30.0 Å². The third-order valence-corrected chi connectivity index (χ3v) is 16.0. The summed E-state index contributed by atoms with van der Waals surface area (Å²) in [5.74, 6) is -1.10. The fourth-order valence-corrected chi connectivity index (χ4v) is 11.6. The third kappa shape index (κ3) is 48.0. The fraction of sp³-hybridized carbons (Fsp3) is 0.841. The van der Waals surface area contributed by atoms with Crippen LogP contribution in [0.3, 0.4) is 0 Å². The Morgan fingerprint density at radius 1 is 0.494 bits per heavy atom. The van der Waals surface area contributed by atoms with E-state index in [0.29, 0.717) is 32.2 Å². The lowest BCUT2D eigenvalue weighted by Gasteiger charge is -2.46. The summed E-state index contributed by atoms with van der Waals surface area (Å²) in [5.41, 5.74) is 5.18. The molecule has 83 heavy (non-hydrogen) atoms. The number of hydrogen-bond acceptors (Lipinski definition) is 11. The van der Waals surface area contributed by atoms with Crippen LogP contribution in [0.1, 0.15) is 311 Å². The average molecular weight is 1170 g/mol. The summed E-state index contributed by atoms with van der Waals surface area (Å²) in [4.78, 5) is 63.3. The van der Waals surface area contributed by atoms with Gasteiger partial charge in [0.2, 0.25) is 0 Å². The molecular weight excluding hydrogens is 1050 g/mol. The lowest BCUT2D eigenvalue weighted by molar-refractivity contribution is -0.167. The van der Waals surface area contributed by atoms with Crippen molar-refractivity contribution in [3.63, 3.8) is 0 Å². The molecule has 0 radical (unpaired) electrons. The predicted octanol–water partition coefficient (Wildman–Crippen LogP) is 17.0. The Morgan fingerprint density at radius 2 is 0.904 bits per heavy atom. The number of nitrogens with two attached hydrogens (primary N) is 1. The molecule has 1 rings (SSSR count). The Labute approximate surface area is 506 Å². The molecule has 6 N–H and O–H groups in total. The standard InChI is InChI=1S/C69H125N3O11/c1-7-10-13-34-43-59(73)45-36-28-22-16-19-25-31-40-49-63(75)80-54-62(55-81-64(76)50-41-32-26-20-17-23-29-37-46-60(74)44-35-14-11-8-2)82-65(77)51-42-33-27-21-18-24-30-39-48-61(47-38-15-12-9-3)83-67(79)72-58-52-68(4,5)56-69(6,53-58)57-71-66(70)78/h28-30,36-37,39,58-62,73-74H,7-27,31-35,38,40-57H2,1-6H3,(H,72,79)(H3,70,71,78)/b36-28+,37-29+,39-30+. The first kappa shape index (κ1) is 77.1. The smallest absolute Gasteiger partial charge is 0.407 e. The van der Waals surface area contributed by atoms with Crippen molar-refractivity contribution in [3.8, 4) is 0 Å². The van der Waals surface area contributed by atoms with E-state index in [9.17, 15) is 34.2 Å². The summed E-state index contributed by atoms with van der Waals surface area (Å²) in [6, 6.07) is -0.599. The number of carbonyl (C=O) groups excluding carboxylic acids is 5. The normalized spacial score (nSPS) is 17.6. The van der Waals surface area contributed by atoms with Crippen molar-refractivity contribution in [3.05, 3.63) is 36.5 Å². The number of urea groups is 1. The van der Waals surface area contributed by atoms with Crippen LogP contribution in [0.5, 0.6) is 0 Å². The second-order valence-electron chi connectivity index (χ2n) is 25.5. The molecule has 0 aromatic carbocycles. The van der Waals surface area contributed by atoms with Crippen molar-refractivity contribution in [1.82, 2.24) is 10.6 Å². The van der Waals surface area contributed by atoms with Gasteiger partial charge in [-0.1, -0.05) is 206 Å². The largest absolute Gasteiger partial charge is 0.462 e. The molecule has 0 aromatic rings. The first-order chi connectivity index (χ1) is 40.0. The summed E-state index contributed by atoms with van der Waals surface area (Å²) in [6.45, 7) is 13.3. The van der Waals surface area contributed by atoms with Crippen LogP contribution in [0.2, 0.25) is 0 Å². The minimum atomic E-state index is -0.873. The second kappa shape index (κ2) is 51.3. The monoisotopic (exact) mass is 1170 g/mol. The maximum atomic E-state index is 13.3. The number of primary amides is 1. The Hall–Kier alpha value is -3.91. The number of amides is 3. The maximum Gasteiger partial charge on any atom is 0.407 e. The van der Waals surface area contributed by atoms with E-state index in [2.05, 4.69) is 88.6 Å². The lowest BCUT2D eigenvalue weighted by Crippen LogP contribution is -2.51. The van der Waals surface area contributed by atoms with Gasteiger partial charge in [-0.25, -0.2) is 9.59 Å². The van der Waals surface area contributed by atoms with E-state index in [4.69, 9.17) is 24.7 Å². The number of esters is 3. The number of hydrogen-bond donors (Lipinski definition) is 5. The van der Waals surface area contributed by atoms with E-state index in [1.54, 1.807) is 0 Å². The van der Waals surface area contributed by atoms with Gasteiger partial charge in [0, 0.05) is 38.3 Å². The number of alkyl carbamates (subject to hydrolysis) is 1. The molecule has 1 aliphatic carbocycles. The van der Waals surface area contributed by atoms with Gasteiger partial charge >= 0.3 is 30.0 Å². The molecule has 1 fully saturated rings. The van der Waals surface area contributed by atoms with Gasteiger partial charge in [-0.2, -0.15) is 0 Å². The van der Waals surface area contributed by atoms with Crippen LogP contribution >= 0.6 is 0 Å². The summed E-state index contributed by atoms with van der Waals surface area (Å²) in [5, 5.41) is 26.3. The molecular formula is C69H125N3O11. The van der Waals surface area contributed by atoms with Crippen molar-refractivity contribution in [2.45, 2.75) is 342 Å². The molecule has 1 aliphatic rings. The molecule has 5 unspecified atom stereocenters. The van der Waals surface area contributed by atoms with E-state index in [1.165, 1.54) is 38.5 Å². The van der Waals surface area contributed by atoms with Crippen LogP contribution in [-0.2, 0) is 33.3 Å². The highest BCUT2D eigenvalue weighted by molar-refractivity contribution is 5.72. The molecule has 14 nitrogen and oxygen atoms in total. The predicted molar refractivity (Wildman–Crippen MR) is 339 cm³/mol. The first-order valence-electron chi connectivity index (χ1n) is 33.8. The zero-order chi connectivity index (χ0) is 61.1. The van der Waals surface area contributed by atoms with Gasteiger partial charge < -0.3 is 45.5 Å². The zero-order valence-corrected chi connectivity index (χ0v) is 53.8. The van der Waals surface area contributed by atoms with Gasteiger partial charge in [-0.3, -0.25) is 14.4 Å². The van der Waals surface area contributed by atoms with Crippen LogP contribution in [-0.4, -0.2) is 90.5 Å². The van der Waals surface area contributed by atoms with Gasteiger partial charge in [0.25, 0.3) is 0 Å². The van der Waals surface area contributed by atoms with Crippen LogP contribution in [0.25, 0.3) is 0 Å². The summed E-state index contributed by atoms with van der Waals surface area (Å²) in [7, 11) is 0. The van der Waals surface area contributed by atoms with Crippen molar-refractivity contribution in [2.75, 3.05) is 19.8 Å². The van der Waals surface area contributed by atoms with Gasteiger partial charge in [0.05, 0.1) is 12.2 Å².